The topological polar surface area (TPSA) is 63.6 Å². The zero-order valence-electron chi connectivity index (χ0n) is 7.90. The zero-order valence-corrected chi connectivity index (χ0v) is 10.3. The van der Waals surface area contributed by atoms with E-state index in [0.717, 1.165) is 10.7 Å². The molecule has 0 spiro atoms. The molecule has 1 rings (SSSR count). The minimum absolute atomic E-state index is 0.0192. The number of hydrogen-bond acceptors (Lipinski definition) is 4. The Labute approximate surface area is 96.1 Å². The predicted molar refractivity (Wildman–Crippen MR) is 59.1 cm³/mol. The SMILES string of the molecule is CS(=O)(=O)c1ccc(Br)cc1CN=C=O. The number of halogens is 1. The normalized spacial score (nSPS) is 10.8. The molecule has 6 heteroatoms. The summed E-state index contributed by atoms with van der Waals surface area (Å²) in [5.41, 5.74) is 0.482. The Balaban J connectivity index is 3.32. The summed E-state index contributed by atoms with van der Waals surface area (Å²) < 4.78 is 23.5. The Morgan fingerprint density at radius 1 is 1.47 bits per heavy atom. The molecule has 0 aliphatic carbocycles. The molecule has 0 N–H and O–H groups in total. The van der Waals surface area contributed by atoms with Crippen LogP contribution in [0.15, 0.2) is 32.6 Å². The monoisotopic (exact) mass is 289 g/mol. The van der Waals surface area contributed by atoms with Crippen molar-refractivity contribution in [3.05, 3.63) is 28.2 Å². The van der Waals surface area contributed by atoms with Crippen LogP contribution in [-0.2, 0) is 21.2 Å². The first-order valence-corrected chi connectivity index (χ1v) is 6.65. The Kier molecular flexibility index (Phi) is 3.79. The van der Waals surface area contributed by atoms with Gasteiger partial charge in [0.1, 0.15) is 0 Å². The number of isocyanates is 1. The maximum atomic E-state index is 11.4. The zero-order chi connectivity index (χ0) is 11.5. The number of sulfone groups is 1. The maximum absolute atomic E-state index is 11.4. The van der Waals surface area contributed by atoms with E-state index in [1.807, 2.05) is 0 Å². The summed E-state index contributed by atoms with van der Waals surface area (Å²) in [7, 11) is -3.29. The second-order valence-electron chi connectivity index (χ2n) is 2.93. The van der Waals surface area contributed by atoms with E-state index in [1.165, 1.54) is 12.1 Å². The average molecular weight is 290 g/mol. The minimum atomic E-state index is -3.29. The van der Waals surface area contributed by atoms with Crippen LogP contribution < -0.4 is 0 Å². The molecule has 0 saturated heterocycles. The van der Waals surface area contributed by atoms with E-state index >= 15 is 0 Å². The molecular weight excluding hydrogens is 282 g/mol. The average Bonchev–Trinajstić information content (AvgIpc) is 2.12. The molecule has 0 atom stereocenters. The van der Waals surface area contributed by atoms with Gasteiger partial charge in [-0.1, -0.05) is 15.9 Å². The number of rotatable bonds is 3. The van der Waals surface area contributed by atoms with E-state index in [1.54, 1.807) is 12.1 Å². The van der Waals surface area contributed by atoms with Gasteiger partial charge in [0.2, 0.25) is 6.08 Å². The fourth-order valence-electron chi connectivity index (χ4n) is 1.15. The maximum Gasteiger partial charge on any atom is 0.235 e. The molecule has 0 fully saturated rings. The summed E-state index contributed by atoms with van der Waals surface area (Å²) in [5.74, 6) is 0. The molecule has 1 aromatic carbocycles. The first-order valence-electron chi connectivity index (χ1n) is 3.97. The minimum Gasteiger partial charge on any atom is -0.224 e. The quantitative estimate of drug-likeness (QED) is 0.628. The van der Waals surface area contributed by atoms with Gasteiger partial charge in [-0.3, -0.25) is 0 Å². The molecule has 0 aromatic heterocycles. The smallest absolute Gasteiger partial charge is 0.224 e. The highest BCUT2D eigenvalue weighted by molar-refractivity contribution is 9.10. The molecule has 0 aliphatic rings. The lowest BCUT2D eigenvalue weighted by Crippen LogP contribution is -2.01. The van der Waals surface area contributed by atoms with Gasteiger partial charge in [-0.25, -0.2) is 18.2 Å². The lowest BCUT2D eigenvalue weighted by atomic mass is 10.2. The van der Waals surface area contributed by atoms with Gasteiger partial charge in [-0.2, -0.15) is 0 Å². The van der Waals surface area contributed by atoms with Crippen LogP contribution in [0, 0.1) is 0 Å². The van der Waals surface area contributed by atoms with E-state index < -0.39 is 9.84 Å². The molecule has 0 aliphatic heterocycles. The van der Waals surface area contributed by atoms with Crippen molar-refractivity contribution in [3.8, 4) is 0 Å². The van der Waals surface area contributed by atoms with E-state index in [4.69, 9.17) is 0 Å². The van der Waals surface area contributed by atoms with Crippen molar-refractivity contribution in [2.24, 2.45) is 4.99 Å². The Hall–Kier alpha value is -0.970. The van der Waals surface area contributed by atoms with Gasteiger partial charge >= 0.3 is 0 Å². The van der Waals surface area contributed by atoms with Crippen LogP contribution in [0.3, 0.4) is 0 Å². The molecular formula is C9H8BrNO3S. The highest BCUT2D eigenvalue weighted by Gasteiger charge is 2.12. The van der Waals surface area contributed by atoms with Crippen LogP contribution in [0.5, 0.6) is 0 Å². The second kappa shape index (κ2) is 4.70. The fraction of sp³-hybridized carbons (Fsp3) is 0.222. The van der Waals surface area contributed by atoms with Gasteiger partial charge < -0.3 is 0 Å². The van der Waals surface area contributed by atoms with Gasteiger partial charge in [0.15, 0.2) is 9.84 Å². The summed E-state index contributed by atoms with van der Waals surface area (Å²) in [5, 5.41) is 0. The van der Waals surface area contributed by atoms with Crippen LogP contribution in [-0.4, -0.2) is 20.8 Å². The number of carbonyl (C=O) groups excluding carboxylic acids is 1. The van der Waals surface area contributed by atoms with E-state index in [2.05, 4.69) is 20.9 Å². The lowest BCUT2D eigenvalue weighted by molar-refractivity contribution is 0.562. The molecule has 1 aromatic rings. The largest absolute Gasteiger partial charge is 0.235 e. The van der Waals surface area contributed by atoms with Crippen LogP contribution in [0.25, 0.3) is 0 Å². The summed E-state index contributed by atoms with van der Waals surface area (Å²) in [6.45, 7) is 0.0192. The van der Waals surface area contributed by atoms with E-state index in [0.29, 0.717) is 5.56 Å². The predicted octanol–water partition coefficient (Wildman–Crippen LogP) is 1.69. The first-order chi connectivity index (χ1) is 6.95. The highest BCUT2D eigenvalue weighted by atomic mass is 79.9. The van der Waals surface area contributed by atoms with Crippen molar-refractivity contribution in [3.63, 3.8) is 0 Å². The number of aliphatic imine (C=N–C) groups is 1. The van der Waals surface area contributed by atoms with Crippen LogP contribution >= 0.6 is 15.9 Å². The van der Waals surface area contributed by atoms with Gasteiger partial charge in [0, 0.05) is 10.7 Å². The number of nitrogens with zero attached hydrogens (tertiary/aromatic N) is 1. The molecule has 80 valence electrons. The Bertz CT molecular complexity index is 518. The number of hydrogen-bond donors (Lipinski definition) is 0. The molecule has 0 radical (unpaired) electrons. The van der Waals surface area contributed by atoms with Crippen LogP contribution in [0.4, 0.5) is 0 Å². The molecule has 0 heterocycles. The van der Waals surface area contributed by atoms with Crippen molar-refractivity contribution < 1.29 is 13.2 Å². The third-order valence-electron chi connectivity index (χ3n) is 1.74. The summed E-state index contributed by atoms with van der Waals surface area (Å²) in [6, 6.07) is 4.73. The van der Waals surface area contributed by atoms with Gasteiger partial charge in [0.25, 0.3) is 0 Å². The van der Waals surface area contributed by atoms with Crippen molar-refractivity contribution in [2.75, 3.05) is 6.26 Å². The van der Waals surface area contributed by atoms with Crippen molar-refractivity contribution in [2.45, 2.75) is 11.4 Å². The molecule has 0 bridgehead atoms. The van der Waals surface area contributed by atoms with Gasteiger partial charge in [-0.15, -0.1) is 0 Å². The summed E-state index contributed by atoms with van der Waals surface area (Å²) in [4.78, 5) is 13.5. The third-order valence-corrected chi connectivity index (χ3v) is 3.43. The van der Waals surface area contributed by atoms with Crippen molar-refractivity contribution >= 4 is 31.8 Å². The Morgan fingerprint density at radius 3 is 2.67 bits per heavy atom. The summed E-state index contributed by atoms with van der Waals surface area (Å²) in [6.07, 6.45) is 2.49. The third kappa shape index (κ3) is 3.27. The van der Waals surface area contributed by atoms with E-state index in [-0.39, 0.29) is 11.4 Å². The van der Waals surface area contributed by atoms with Crippen LogP contribution in [0.1, 0.15) is 5.56 Å². The fourth-order valence-corrected chi connectivity index (χ4v) is 2.47. The molecule has 4 nitrogen and oxygen atoms in total. The highest BCUT2D eigenvalue weighted by Crippen LogP contribution is 2.21. The van der Waals surface area contributed by atoms with Crippen molar-refractivity contribution in [1.29, 1.82) is 0 Å². The lowest BCUT2D eigenvalue weighted by Gasteiger charge is -2.05. The molecule has 0 amide bonds. The van der Waals surface area contributed by atoms with E-state index in [9.17, 15) is 13.2 Å². The second-order valence-corrected chi connectivity index (χ2v) is 5.83. The summed E-state index contributed by atoms with van der Waals surface area (Å²) >= 11 is 3.22. The Morgan fingerprint density at radius 2 is 2.13 bits per heavy atom. The standard InChI is InChI=1S/C9H8BrNO3S/c1-15(13,14)9-3-2-8(10)4-7(9)5-11-6-12/h2-4H,5H2,1H3. The van der Waals surface area contributed by atoms with Crippen LogP contribution in [0.2, 0.25) is 0 Å². The number of benzene rings is 1. The van der Waals surface area contributed by atoms with Gasteiger partial charge in [0.05, 0.1) is 11.4 Å². The molecule has 0 unspecified atom stereocenters. The van der Waals surface area contributed by atoms with Crippen molar-refractivity contribution in [1.82, 2.24) is 0 Å². The van der Waals surface area contributed by atoms with Gasteiger partial charge in [-0.05, 0) is 23.8 Å². The molecule has 0 saturated carbocycles. The molecule has 15 heavy (non-hydrogen) atoms. The first kappa shape index (κ1) is 12.1.